The molecule has 0 bridgehead atoms. The maximum atomic E-state index is 11.7. The standard InChI is InChI=1S/C19H19NO4/c21-18(22)17(13-7-12-15-8-3-1-4-9-15)20-19(23)24-14-16-10-5-2-6-11-16/h1-12,17H,13-14H2,(H,20,23)(H,21,22)/b12-7+/t17-/m0/s1. The van der Waals surface area contributed by atoms with Crippen LogP contribution in [-0.2, 0) is 16.1 Å². The molecule has 1 atom stereocenters. The van der Waals surface area contributed by atoms with Gasteiger partial charge in [0, 0.05) is 0 Å². The van der Waals surface area contributed by atoms with Gasteiger partial charge in [-0.25, -0.2) is 9.59 Å². The molecule has 124 valence electrons. The highest BCUT2D eigenvalue weighted by atomic mass is 16.5. The molecule has 0 aromatic heterocycles. The van der Waals surface area contributed by atoms with Gasteiger partial charge in [-0.15, -0.1) is 0 Å². The summed E-state index contributed by atoms with van der Waals surface area (Å²) in [7, 11) is 0. The molecule has 0 aliphatic rings. The van der Waals surface area contributed by atoms with Crippen molar-refractivity contribution in [2.45, 2.75) is 19.1 Å². The molecule has 2 N–H and O–H groups in total. The van der Waals surface area contributed by atoms with Crippen LogP contribution in [0, 0.1) is 0 Å². The van der Waals surface area contributed by atoms with Crippen molar-refractivity contribution in [3.63, 3.8) is 0 Å². The van der Waals surface area contributed by atoms with Gasteiger partial charge < -0.3 is 15.2 Å². The second kappa shape index (κ2) is 9.15. The molecule has 24 heavy (non-hydrogen) atoms. The number of carbonyl (C=O) groups excluding carboxylic acids is 1. The van der Waals surface area contributed by atoms with Gasteiger partial charge in [-0.2, -0.15) is 0 Å². The third-order valence-corrected chi connectivity index (χ3v) is 3.28. The fraction of sp³-hybridized carbons (Fsp3) is 0.158. The van der Waals surface area contributed by atoms with E-state index < -0.39 is 18.1 Å². The first-order chi connectivity index (χ1) is 11.6. The summed E-state index contributed by atoms with van der Waals surface area (Å²) in [4.78, 5) is 23.0. The molecule has 0 radical (unpaired) electrons. The zero-order chi connectivity index (χ0) is 17.2. The number of carboxylic acids is 1. The van der Waals surface area contributed by atoms with E-state index >= 15 is 0 Å². The molecular weight excluding hydrogens is 306 g/mol. The normalized spacial score (nSPS) is 11.8. The second-order valence-electron chi connectivity index (χ2n) is 5.15. The fourth-order valence-corrected chi connectivity index (χ4v) is 2.03. The number of rotatable bonds is 7. The van der Waals surface area contributed by atoms with Crippen LogP contribution in [0.1, 0.15) is 17.5 Å². The quantitative estimate of drug-likeness (QED) is 0.817. The number of hydrogen-bond donors (Lipinski definition) is 2. The lowest BCUT2D eigenvalue weighted by Crippen LogP contribution is -2.40. The van der Waals surface area contributed by atoms with E-state index in [2.05, 4.69) is 5.32 Å². The van der Waals surface area contributed by atoms with Crippen molar-refractivity contribution in [1.82, 2.24) is 5.32 Å². The van der Waals surface area contributed by atoms with Crippen LogP contribution in [0.3, 0.4) is 0 Å². The minimum atomic E-state index is -1.11. The van der Waals surface area contributed by atoms with Crippen LogP contribution in [0.25, 0.3) is 6.08 Å². The Morgan fingerprint density at radius 1 is 1.04 bits per heavy atom. The smallest absolute Gasteiger partial charge is 0.408 e. The average molecular weight is 325 g/mol. The zero-order valence-corrected chi connectivity index (χ0v) is 13.1. The average Bonchev–Trinajstić information content (AvgIpc) is 2.61. The fourth-order valence-electron chi connectivity index (χ4n) is 2.03. The van der Waals surface area contributed by atoms with Crippen LogP contribution in [0.2, 0.25) is 0 Å². The van der Waals surface area contributed by atoms with Crippen LogP contribution in [0.4, 0.5) is 4.79 Å². The lowest BCUT2D eigenvalue weighted by molar-refractivity contribution is -0.139. The molecule has 0 aliphatic heterocycles. The number of nitrogens with one attached hydrogen (secondary N) is 1. The number of alkyl carbamates (subject to hydrolysis) is 1. The first kappa shape index (κ1) is 17.3. The van der Waals surface area contributed by atoms with Gasteiger partial charge in [0.1, 0.15) is 12.6 Å². The highest BCUT2D eigenvalue weighted by Crippen LogP contribution is 2.05. The first-order valence-corrected chi connectivity index (χ1v) is 7.57. The number of hydrogen-bond acceptors (Lipinski definition) is 3. The molecule has 5 nitrogen and oxygen atoms in total. The van der Waals surface area contributed by atoms with E-state index in [-0.39, 0.29) is 13.0 Å². The molecule has 1 amide bonds. The summed E-state index contributed by atoms with van der Waals surface area (Å²) in [6.45, 7) is 0.0961. The van der Waals surface area contributed by atoms with Crippen molar-refractivity contribution in [2.24, 2.45) is 0 Å². The maximum absolute atomic E-state index is 11.7. The van der Waals surface area contributed by atoms with E-state index in [1.165, 1.54) is 0 Å². The lowest BCUT2D eigenvalue weighted by atomic mass is 10.1. The van der Waals surface area contributed by atoms with Gasteiger partial charge >= 0.3 is 12.1 Å². The molecule has 2 rings (SSSR count). The van der Waals surface area contributed by atoms with Gasteiger partial charge in [-0.3, -0.25) is 0 Å². The van der Waals surface area contributed by atoms with Crippen molar-refractivity contribution in [3.8, 4) is 0 Å². The third kappa shape index (κ3) is 5.96. The predicted molar refractivity (Wildman–Crippen MR) is 91.3 cm³/mol. The number of amides is 1. The molecule has 0 heterocycles. The Hall–Kier alpha value is -3.08. The number of ether oxygens (including phenoxy) is 1. The summed E-state index contributed by atoms with van der Waals surface area (Å²) in [6.07, 6.45) is 2.95. The molecule has 2 aromatic carbocycles. The van der Waals surface area contributed by atoms with E-state index in [9.17, 15) is 14.7 Å². The minimum Gasteiger partial charge on any atom is -0.480 e. The molecule has 0 unspecified atom stereocenters. The highest BCUT2D eigenvalue weighted by Gasteiger charge is 2.19. The van der Waals surface area contributed by atoms with Crippen LogP contribution >= 0.6 is 0 Å². The minimum absolute atomic E-state index is 0.0961. The summed E-state index contributed by atoms with van der Waals surface area (Å²) in [5.41, 5.74) is 1.80. The van der Waals surface area contributed by atoms with Crippen LogP contribution in [0.15, 0.2) is 66.7 Å². The zero-order valence-electron chi connectivity index (χ0n) is 13.1. The van der Waals surface area contributed by atoms with Crippen molar-refractivity contribution >= 4 is 18.1 Å². The highest BCUT2D eigenvalue weighted by molar-refractivity contribution is 5.80. The Morgan fingerprint density at radius 2 is 1.67 bits per heavy atom. The van der Waals surface area contributed by atoms with Crippen LogP contribution in [0.5, 0.6) is 0 Å². The van der Waals surface area contributed by atoms with Gasteiger partial charge in [-0.05, 0) is 17.5 Å². The van der Waals surface area contributed by atoms with Crippen molar-refractivity contribution in [1.29, 1.82) is 0 Å². The van der Waals surface area contributed by atoms with Crippen LogP contribution in [-0.4, -0.2) is 23.2 Å². The first-order valence-electron chi connectivity index (χ1n) is 7.57. The summed E-state index contributed by atoms with van der Waals surface area (Å²) in [5.74, 6) is -1.11. The Labute approximate surface area is 140 Å². The molecule has 2 aromatic rings. The Kier molecular flexibility index (Phi) is 6.58. The summed E-state index contributed by atoms with van der Waals surface area (Å²) >= 11 is 0. The molecular formula is C19H19NO4. The Morgan fingerprint density at radius 3 is 2.29 bits per heavy atom. The Bertz CT molecular complexity index is 683. The summed E-state index contributed by atoms with van der Waals surface area (Å²) in [5, 5.41) is 11.6. The predicted octanol–water partition coefficient (Wildman–Crippen LogP) is 3.47. The molecule has 0 aliphatic carbocycles. The largest absolute Gasteiger partial charge is 0.480 e. The van der Waals surface area contributed by atoms with Gasteiger partial charge in [0.05, 0.1) is 0 Å². The maximum Gasteiger partial charge on any atom is 0.408 e. The third-order valence-electron chi connectivity index (χ3n) is 3.28. The van der Waals surface area contributed by atoms with E-state index in [0.29, 0.717) is 0 Å². The summed E-state index contributed by atoms with van der Waals surface area (Å²) < 4.78 is 5.04. The number of carbonyl (C=O) groups is 2. The monoisotopic (exact) mass is 325 g/mol. The van der Waals surface area contributed by atoms with E-state index in [1.54, 1.807) is 6.08 Å². The number of carboxylic acid groups (broad SMARTS) is 1. The van der Waals surface area contributed by atoms with Gasteiger partial charge in [0.25, 0.3) is 0 Å². The molecule has 0 spiro atoms. The lowest BCUT2D eigenvalue weighted by Gasteiger charge is -2.13. The topological polar surface area (TPSA) is 75.6 Å². The number of benzene rings is 2. The SMILES string of the molecule is O=C(N[C@@H](C/C=C/c1ccccc1)C(=O)O)OCc1ccccc1. The Balaban J connectivity index is 1.83. The molecule has 5 heteroatoms. The second-order valence-corrected chi connectivity index (χ2v) is 5.15. The van der Waals surface area contributed by atoms with Gasteiger partial charge in [0.15, 0.2) is 0 Å². The van der Waals surface area contributed by atoms with E-state index in [1.807, 2.05) is 66.7 Å². The van der Waals surface area contributed by atoms with Crippen molar-refractivity contribution < 1.29 is 19.4 Å². The summed E-state index contributed by atoms with van der Waals surface area (Å²) in [6, 6.07) is 17.7. The van der Waals surface area contributed by atoms with Crippen molar-refractivity contribution in [3.05, 3.63) is 77.9 Å². The van der Waals surface area contributed by atoms with Crippen molar-refractivity contribution in [2.75, 3.05) is 0 Å². The van der Waals surface area contributed by atoms with Gasteiger partial charge in [0.2, 0.25) is 0 Å². The van der Waals surface area contributed by atoms with Crippen LogP contribution < -0.4 is 5.32 Å². The molecule has 0 saturated heterocycles. The van der Waals surface area contributed by atoms with E-state index in [0.717, 1.165) is 11.1 Å². The molecule has 0 saturated carbocycles. The van der Waals surface area contributed by atoms with Gasteiger partial charge in [-0.1, -0.05) is 72.8 Å². The number of aliphatic carboxylic acids is 1. The molecule has 0 fully saturated rings. The van der Waals surface area contributed by atoms with E-state index in [4.69, 9.17) is 4.74 Å².